The van der Waals surface area contributed by atoms with E-state index < -0.39 is 21.8 Å². The Labute approximate surface area is 179 Å². The monoisotopic (exact) mass is 445 g/mol. The second kappa shape index (κ2) is 7.89. The minimum absolute atomic E-state index is 0.0257. The van der Waals surface area contributed by atoms with E-state index in [1.165, 1.54) is 11.0 Å². The van der Waals surface area contributed by atoms with E-state index in [-0.39, 0.29) is 29.2 Å². The number of rotatable bonds is 4. The maximum Gasteiger partial charge on any atom is 0.290 e. The van der Waals surface area contributed by atoms with Gasteiger partial charge in [0.1, 0.15) is 5.58 Å². The summed E-state index contributed by atoms with van der Waals surface area (Å²) in [6.07, 6.45) is 0.339. The molecule has 0 radical (unpaired) electrons. The lowest BCUT2D eigenvalue weighted by molar-refractivity contribution is 0.0648. The highest BCUT2D eigenvalue weighted by molar-refractivity contribution is 7.91. The van der Waals surface area contributed by atoms with Crippen LogP contribution in [-0.4, -0.2) is 36.8 Å². The molecular formula is C22H20ClNO5S. The highest BCUT2D eigenvalue weighted by Crippen LogP contribution is 2.24. The molecule has 3 aromatic rings. The molecule has 1 fully saturated rings. The summed E-state index contributed by atoms with van der Waals surface area (Å²) in [5.41, 5.74) is 1.68. The van der Waals surface area contributed by atoms with Crippen molar-refractivity contribution in [2.75, 3.05) is 11.5 Å². The van der Waals surface area contributed by atoms with Crippen molar-refractivity contribution in [3.8, 4) is 0 Å². The molecule has 0 saturated carbocycles. The Morgan fingerprint density at radius 2 is 2.00 bits per heavy atom. The minimum Gasteiger partial charge on any atom is -0.451 e. The Morgan fingerprint density at radius 1 is 1.20 bits per heavy atom. The average molecular weight is 446 g/mol. The van der Waals surface area contributed by atoms with Crippen molar-refractivity contribution in [1.82, 2.24) is 4.90 Å². The quantitative estimate of drug-likeness (QED) is 0.612. The van der Waals surface area contributed by atoms with Crippen molar-refractivity contribution >= 4 is 38.3 Å². The van der Waals surface area contributed by atoms with E-state index in [2.05, 4.69) is 0 Å². The number of carbonyl (C=O) groups excluding carboxylic acids is 1. The number of halogens is 1. The Hall–Kier alpha value is -2.64. The number of hydrogen-bond acceptors (Lipinski definition) is 5. The van der Waals surface area contributed by atoms with Gasteiger partial charge in [0.2, 0.25) is 0 Å². The first-order valence-corrected chi connectivity index (χ1v) is 11.7. The van der Waals surface area contributed by atoms with Crippen LogP contribution in [0.5, 0.6) is 0 Å². The highest BCUT2D eigenvalue weighted by Gasteiger charge is 2.36. The fourth-order valence-electron chi connectivity index (χ4n) is 3.74. The summed E-state index contributed by atoms with van der Waals surface area (Å²) in [7, 11) is -3.22. The fraction of sp³-hybridized carbons (Fsp3) is 0.273. The number of sulfone groups is 1. The van der Waals surface area contributed by atoms with Gasteiger partial charge < -0.3 is 9.32 Å². The molecule has 1 atom stereocenters. The van der Waals surface area contributed by atoms with E-state index in [1.807, 2.05) is 13.0 Å². The first-order chi connectivity index (χ1) is 14.2. The zero-order chi connectivity index (χ0) is 21.5. The summed E-state index contributed by atoms with van der Waals surface area (Å²) < 4.78 is 29.8. The smallest absolute Gasteiger partial charge is 0.290 e. The van der Waals surface area contributed by atoms with Gasteiger partial charge in [-0.1, -0.05) is 35.4 Å². The van der Waals surface area contributed by atoms with Gasteiger partial charge in [0.05, 0.1) is 16.9 Å². The second-order valence-electron chi connectivity index (χ2n) is 7.59. The normalized spacial score (nSPS) is 17.9. The van der Waals surface area contributed by atoms with Gasteiger partial charge in [-0.05, 0) is 43.2 Å². The van der Waals surface area contributed by atoms with Crippen LogP contribution in [-0.2, 0) is 16.4 Å². The van der Waals surface area contributed by atoms with E-state index in [1.54, 1.807) is 36.4 Å². The van der Waals surface area contributed by atoms with Crippen molar-refractivity contribution in [3.63, 3.8) is 0 Å². The Bertz CT molecular complexity index is 1300. The zero-order valence-corrected chi connectivity index (χ0v) is 17.9. The van der Waals surface area contributed by atoms with Crippen LogP contribution < -0.4 is 5.43 Å². The van der Waals surface area contributed by atoms with Crippen molar-refractivity contribution in [2.45, 2.75) is 25.9 Å². The van der Waals surface area contributed by atoms with Crippen LogP contribution in [0.2, 0.25) is 5.02 Å². The second-order valence-corrected chi connectivity index (χ2v) is 10.3. The lowest BCUT2D eigenvalue weighted by Gasteiger charge is -2.28. The average Bonchev–Trinajstić information content (AvgIpc) is 3.05. The summed E-state index contributed by atoms with van der Waals surface area (Å²) in [6.45, 7) is 2.03. The van der Waals surface area contributed by atoms with Crippen LogP contribution in [0.15, 0.2) is 57.7 Å². The fourth-order valence-corrected chi connectivity index (χ4v) is 5.68. The van der Waals surface area contributed by atoms with Gasteiger partial charge >= 0.3 is 0 Å². The summed E-state index contributed by atoms with van der Waals surface area (Å²) in [6, 6.07) is 12.9. The number of aryl methyl sites for hydroxylation is 1. The minimum atomic E-state index is -3.22. The largest absolute Gasteiger partial charge is 0.451 e. The summed E-state index contributed by atoms with van der Waals surface area (Å²) in [4.78, 5) is 27.4. The van der Waals surface area contributed by atoms with E-state index in [0.717, 1.165) is 11.1 Å². The molecule has 1 amide bonds. The van der Waals surface area contributed by atoms with E-state index in [4.69, 9.17) is 16.0 Å². The lowest BCUT2D eigenvalue weighted by atomic mass is 10.1. The third-order valence-electron chi connectivity index (χ3n) is 5.25. The standard InChI is InChI=1S/C22H20ClNO5S/c1-14-5-6-20-18(9-14)19(25)11-21(29-20)22(26)24(17-7-8-30(27,28)13-17)12-15-3-2-4-16(23)10-15/h2-6,9-11,17H,7-8,12-13H2,1H3. The number of amides is 1. The van der Waals surface area contributed by atoms with Crippen LogP contribution in [0.1, 0.15) is 28.1 Å². The molecule has 156 valence electrons. The van der Waals surface area contributed by atoms with Crippen LogP contribution in [0.25, 0.3) is 11.0 Å². The summed E-state index contributed by atoms with van der Waals surface area (Å²) in [5, 5.41) is 0.919. The number of fused-ring (bicyclic) bond motifs is 1. The van der Waals surface area contributed by atoms with E-state index in [9.17, 15) is 18.0 Å². The number of hydrogen-bond donors (Lipinski definition) is 0. The third-order valence-corrected chi connectivity index (χ3v) is 7.23. The van der Waals surface area contributed by atoms with E-state index in [0.29, 0.717) is 22.4 Å². The maximum atomic E-state index is 13.4. The van der Waals surface area contributed by atoms with Gasteiger partial charge in [0.25, 0.3) is 5.91 Å². The summed E-state index contributed by atoms with van der Waals surface area (Å²) in [5.74, 6) is -0.715. The van der Waals surface area contributed by atoms with Crippen molar-refractivity contribution in [2.24, 2.45) is 0 Å². The molecule has 0 spiro atoms. The molecule has 1 saturated heterocycles. The molecule has 0 bridgehead atoms. The third kappa shape index (κ3) is 4.27. The van der Waals surface area contributed by atoms with Gasteiger partial charge in [-0.3, -0.25) is 9.59 Å². The van der Waals surface area contributed by atoms with Gasteiger partial charge in [-0.25, -0.2) is 8.42 Å². The van der Waals surface area contributed by atoms with E-state index >= 15 is 0 Å². The molecular weight excluding hydrogens is 426 g/mol. The molecule has 8 heteroatoms. The Morgan fingerprint density at radius 3 is 2.70 bits per heavy atom. The molecule has 30 heavy (non-hydrogen) atoms. The van der Waals surface area contributed by atoms with Crippen molar-refractivity contribution < 1.29 is 17.6 Å². The molecule has 2 heterocycles. The predicted octanol–water partition coefficient (Wildman–Crippen LogP) is 3.58. The van der Waals surface area contributed by atoms with Gasteiger partial charge in [-0.2, -0.15) is 0 Å². The first kappa shape index (κ1) is 20.6. The molecule has 2 aromatic carbocycles. The molecule has 1 aromatic heterocycles. The lowest BCUT2D eigenvalue weighted by Crippen LogP contribution is -2.40. The van der Waals surface area contributed by atoms with Crippen LogP contribution in [0.3, 0.4) is 0 Å². The Kier molecular flexibility index (Phi) is 5.42. The summed E-state index contributed by atoms with van der Waals surface area (Å²) >= 11 is 6.07. The first-order valence-electron chi connectivity index (χ1n) is 9.52. The maximum absolute atomic E-state index is 13.4. The number of carbonyl (C=O) groups is 1. The molecule has 1 aliphatic rings. The molecule has 0 N–H and O–H groups in total. The zero-order valence-electron chi connectivity index (χ0n) is 16.3. The molecule has 4 rings (SSSR count). The molecule has 1 aliphatic heterocycles. The predicted molar refractivity (Wildman–Crippen MR) is 116 cm³/mol. The van der Waals surface area contributed by atoms with Crippen molar-refractivity contribution in [1.29, 1.82) is 0 Å². The Balaban J connectivity index is 1.74. The van der Waals surface area contributed by atoms with Gasteiger partial charge in [0.15, 0.2) is 21.0 Å². The van der Waals surface area contributed by atoms with Gasteiger partial charge in [0, 0.05) is 23.7 Å². The van der Waals surface area contributed by atoms with Crippen LogP contribution in [0, 0.1) is 6.92 Å². The molecule has 0 aliphatic carbocycles. The van der Waals surface area contributed by atoms with Gasteiger partial charge in [-0.15, -0.1) is 0 Å². The van der Waals surface area contributed by atoms with Crippen molar-refractivity contribution in [3.05, 3.63) is 80.7 Å². The van der Waals surface area contributed by atoms with Crippen LogP contribution in [0.4, 0.5) is 0 Å². The molecule has 1 unspecified atom stereocenters. The SMILES string of the molecule is Cc1ccc2oc(C(=O)N(Cc3cccc(Cl)c3)C3CCS(=O)(=O)C3)cc(=O)c2c1. The topological polar surface area (TPSA) is 84.7 Å². The number of nitrogens with zero attached hydrogens (tertiary/aromatic N) is 1. The molecule has 6 nitrogen and oxygen atoms in total. The van der Waals surface area contributed by atoms with Crippen LogP contribution >= 0.6 is 11.6 Å². The number of benzene rings is 2. The highest BCUT2D eigenvalue weighted by atomic mass is 35.5.